The van der Waals surface area contributed by atoms with Gasteiger partial charge in [-0.05, 0) is 24.6 Å². The molecule has 7 heteroatoms. The Morgan fingerprint density at radius 1 is 1.32 bits per heavy atom. The fraction of sp³-hybridized carbons (Fsp3) is 0.400. The molecule has 1 aromatic carbocycles. The van der Waals surface area contributed by atoms with Gasteiger partial charge in [0.2, 0.25) is 5.89 Å². The molecule has 1 heterocycles. The summed E-state index contributed by atoms with van der Waals surface area (Å²) in [5, 5.41) is 8.44. The molecule has 6 nitrogen and oxygen atoms in total. The number of carbonyl (C=O) groups is 1. The summed E-state index contributed by atoms with van der Waals surface area (Å²) in [7, 11) is 1.55. The monoisotopic (exact) mass is 322 g/mol. The zero-order valence-corrected chi connectivity index (χ0v) is 13.4. The molecule has 2 aromatic rings. The number of aromatic nitrogens is 2. The number of methoxy groups -OCH3 is 1. The molecule has 0 unspecified atom stereocenters. The Morgan fingerprint density at radius 3 is 2.86 bits per heavy atom. The highest BCUT2D eigenvalue weighted by molar-refractivity contribution is 7.99. The lowest BCUT2D eigenvalue weighted by molar-refractivity contribution is 0.112. The third kappa shape index (κ3) is 4.49. The fourth-order valence-corrected chi connectivity index (χ4v) is 2.41. The smallest absolute Gasteiger partial charge is 0.276 e. The van der Waals surface area contributed by atoms with Crippen molar-refractivity contribution in [3.8, 4) is 11.5 Å². The number of aryl methyl sites for hydroxylation is 1. The van der Waals surface area contributed by atoms with E-state index in [0.717, 1.165) is 24.9 Å². The number of hydrogen-bond acceptors (Lipinski definition) is 7. The van der Waals surface area contributed by atoms with E-state index < -0.39 is 0 Å². The van der Waals surface area contributed by atoms with Crippen LogP contribution in [0.2, 0.25) is 0 Å². The number of aldehydes is 1. The zero-order valence-electron chi connectivity index (χ0n) is 12.6. The number of ether oxygens (including phenoxy) is 2. The molecule has 2 rings (SSSR count). The van der Waals surface area contributed by atoms with Gasteiger partial charge in [-0.15, -0.1) is 10.2 Å². The molecule has 0 saturated heterocycles. The first-order valence-electron chi connectivity index (χ1n) is 6.98. The highest BCUT2D eigenvalue weighted by atomic mass is 32.2. The maximum atomic E-state index is 10.7. The van der Waals surface area contributed by atoms with Crippen molar-refractivity contribution >= 4 is 18.0 Å². The summed E-state index contributed by atoms with van der Waals surface area (Å²) < 4.78 is 16.3. The van der Waals surface area contributed by atoms with Crippen LogP contribution in [0.4, 0.5) is 0 Å². The van der Waals surface area contributed by atoms with Gasteiger partial charge in [-0.25, -0.2) is 0 Å². The molecule has 0 aliphatic heterocycles. The van der Waals surface area contributed by atoms with E-state index in [2.05, 4.69) is 10.2 Å². The second kappa shape index (κ2) is 8.43. The Bertz CT molecular complexity index is 615. The minimum atomic E-state index is 0.540. The minimum Gasteiger partial charge on any atom is -0.493 e. The molecule has 1 aromatic heterocycles. The van der Waals surface area contributed by atoms with E-state index in [9.17, 15) is 4.79 Å². The lowest BCUT2D eigenvalue weighted by Gasteiger charge is -2.10. The Labute approximate surface area is 133 Å². The molecule has 0 bridgehead atoms. The van der Waals surface area contributed by atoms with Crippen LogP contribution in [0.5, 0.6) is 11.5 Å². The lowest BCUT2D eigenvalue weighted by Crippen LogP contribution is -2.01. The molecule has 0 fully saturated rings. The third-order valence-corrected chi connectivity index (χ3v) is 3.75. The van der Waals surface area contributed by atoms with E-state index in [-0.39, 0.29) is 0 Å². The average Bonchev–Trinajstić information content (AvgIpc) is 3.02. The van der Waals surface area contributed by atoms with E-state index in [1.54, 1.807) is 25.3 Å². The highest BCUT2D eigenvalue weighted by Gasteiger charge is 2.07. The Balaban J connectivity index is 1.75. The molecule has 0 spiro atoms. The fourth-order valence-electron chi connectivity index (χ4n) is 1.72. The second-order valence-corrected chi connectivity index (χ2v) is 5.44. The molecule has 22 heavy (non-hydrogen) atoms. The number of nitrogens with zero attached hydrogens (tertiary/aromatic N) is 2. The molecular formula is C15H18N2O4S. The van der Waals surface area contributed by atoms with Gasteiger partial charge in [0.05, 0.1) is 13.7 Å². The van der Waals surface area contributed by atoms with Crippen molar-refractivity contribution in [3.05, 3.63) is 29.7 Å². The van der Waals surface area contributed by atoms with Gasteiger partial charge in [0.25, 0.3) is 5.22 Å². The summed E-state index contributed by atoms with van der Waals surface area (Å²) in [6, 6.07) is 5.09. The largest absolute Gasteiger partial charge is 0.493 e. The zero-order chi connectivity index (χ0) is 15.8. The standard InChI is InChI=1S/C15H18N2O4S/c1-3-14-16-17-15(21-14)22-8-4-7-20-12-6-5-11(10-18)9-13(12)19-2/h5-6,9-10H,3-4,7-8H2,1-2H3. The number of rotatable bonds is 9. The van der Waals surface area contributed by atoms with Crippen LogP contribution in [0.15, 0.2) is 27.8 Å². The summed E-state index contributed by atoms with van der Waals surface area (Å²) in [4.78, 5) is 10.7. The maximum absolute atomic E-state index is 10.7. The second-order valence-electron chi connectivity index (χ2n) is 4.39. The van der Waals surface area contributed by atoms with Crippen LogP contribution < -0.4 is 9.47 Å². The summed E-state index contributed by atoms with van der Waals surface area (Å²) >= 11 is 1.51. The SMILES string of the molecule is CCc1nnc(SCCCOc2ccc(C=O)cc2OC)o1. The minimum absolute atomic E-state index is 0.540. The predicted molar refractivity (Wildman–Crippen MR) is 82.9 cm³/mol. The number of hydrogen-bond donors (Lipinski definition) is 0. The van der Waals surface area contributed by atoms with Gasteiger partial charge < -0.3 is 13.9 Å². The van der Waals surface area contributed by atoms with Crippen molar-refractivity contribution in [2.24, 2.45) is 0 Å². The Hall–Kier alpha value is -2.02. The Kier molecular flexibility index (Phi) is 6.27. The number of benzene rings is 1. The maximum Gasteiger partial charge on any atom is 0.276 e. The number of thioether (sulfide) groups is 1. The van der Waals surface area contributed by atoms with Gasteiger partial charge in [0.1, 0.15) is 6.29 Å². The quantitative estimate of drug-likeness (QED) is 0.399. The topological polar surface area (TPSA) is 74.5 Å². The molecule has 0 amide bonds. The molecule has 0 radical (unpaired) electrons. The van der Waals surface area contributed by atoms with Crippen molar-refractivity contribution in [3.63, 3.8) is 0 Å². The van der Waals surface area contributed by atoms with Gasteiger partial charge in [-0.3, -0.25) is 4.79 Å². The van der Waals surface area contributed by atoms with Gasteiger partial charge in [-0.1, -0.05) is 18.7 Å². The van der Waals surface area contributed by atoms with E-state index in [1.807, 2.05) is 6.92 Å². The van der Waals surface area contributed by atoms with Crippen molar-refractivity contribution in [2.75, 3.05) is 19.5 Å². The van der Waals surface area contributed by atoms with E-state index in [0.29, 0.717) is 34.8 Å². The van der Waals surface area contributed by atoms with Crippen LogP contribution >= 0.6 is 11.8 Å². The van der Waals surface area contributed by atoms with Gasteiger partial charge in [0.15, 0.2) is 11.5 Å². The molecule has 118 valence electrons. The van der Waals surface area contributed by atoms with Crippen molar-refractivity contribution in [1.29, 1.82) is 0 Å². The predicted octanol–water partition coefficient (Wildman–Crippen LogP) is 3.01. The van der Waals surface area contributed by atoms with E-state index in [1.165, 1.54) is 11.8 Å². The molecular weight excluding hydrogens is 304 g/mol. The summed E-state index contributed by atoms with van der Waals surface area (Å²) in [6.07, 6.45) is 2.35. The van der Waals surface area contributed by atoms with Crippen LogP contribution in [-0.2, 0) is 6.42 Å². The molecule has 0 aliphatic rings. The first-order chi connectivity index (χ1) is 10.8. The first-order valence-corrected chi connectivity index (χ1v) is 7.96. The van der Waals surface area contributed by atoms with Crippen LogP contribution in [0.25, 0.3) is 0 Å². The first kappa shape index (κ1) is 16.4. The van der Waals surface area contributed by atoms with Crippen molar-refractivity contribution < 1.29 is 18.7 Å². The van der Waals surface area contributed by atoms with Crippen LogP contribution in [0, 0.1) is 0 Å². The normalized spacial score (nSPS) is 10.5. The average molecular weight is 322 g/mol. The lowest BCUT2D eigenvalue weighted by atomic mass is 10.2. The van der Waals surface area contributed by atoms with Crippen molar-refractivity contribution in [1.82, 2.24) is 10.2 Å². The molecule has 0 saturated carbocycles. The van der Waals surface area contributed by atoms with Gasteiger partial charge in [-0.2, -0.15) is 0 Å². The van der Waals surface area contributed by atoms with Gasteiger partial charge >= 0.3 is 0 Å². The van der Waals surface area contributed by atoms with E-state index in [4.69, 9.17) is 13.9 Å². The third-order valence-electron chi connectivity index (χ3n) is 2.85. The Morgan fingerprint density at radius 2 is 2.18 bits per heavy atom. The van der Waals surface area contributed by atoms with Crippen LogP contribution in [-0.4, -0.2) is 36.0 Å². The molecule has 0 aliphatic carbocycles. The summed E-state index contributed by atoms with van der Waals surface area (Å²) in [5.74, 6) is 2.66. The van der Waals surface area contributed by atoms with Gasteiger partial charge in [0, 0.05) is 17.7 Å². The van der Waals surface area contributed by atoms with Crippen molar-refractivity contribution in [2.45, 2.75) is 25.0 Å². The van der Waals surface area contributed by atoms with Crippen LogP contribution in [0.1, 0.15) is 29.6 Å². The summed E-state index contributed by atoms with van der Waals surface area (Å²) in [5.41, 5.74) is 0.558. The van der Waals surface area contributed by atoms with Crippen LogP contribution in [0.3, 0.4) is 0 Å². The summed E-state index contributed by atoms with van der Waals surface area (Å²) in [6.45, 7) is 2.51. The molecule has 0 N–H and O–H groups in total. The number of carbonyl (C=O) groups excluding carboxylic acids is 1. The van der Waals surface area contributed by atoms with E-state index >= 15 is 0 Å². The molecule has 0 atom stereocenters. The highest BCUT2D eigenvalue weighted by Crippen LogP contribution is 2.27.